The van der Waals surface area contributed by atoms with E-state index in [2.05, 4.69) is 18.7 Å². The molecule has 168 valence electrons. The third-order valence-corrected chi connectivity index (χ3v) is 6.54. The fourth-order valence-electron chi connectivity index (χ4n) is 4.45. The highest BCUT2D eigenvalue weighted by atomic mass is 16.5. The average molecular weight is 435 g/mol. The third-order valence-electron chi connectivity index (χ3n) is 6.54. The first-order chi connectivity index (χ1) is 15.4. The molecule has 2 aromatic carbocycles. The Morgan fingerprint density at radius 1 is 1.06 bits per heavy atom. The maximum Gasteiger partial charge on any atom is 0.290 e. The van der Waals surface area contributed by atoms with Gasteiger partial charge >= 0.3 is 0 Å². The molecule has 6 heteroatoms. The van der Waals surface area contributed by atoms with Crippen LogP contribution in [-0.4, -0.2) is 49.0 Å². The number of carbonyl (C=O) groups excluding carboxylic acids is 1. The van der Waals surface area contributed by atoms with Gasteiger partial charge in [-0.1, -0.05) is 26.0 Å². The molecule has 1 aromatic heterocycles. The molecule has 0 bridgehead atoms. The van der Waals surface area contributed by atoms with E-state index in [-0.39, 0.29) is 17.1 Å². The summed E-state index contributed by atoms with van der Waals surface area (Å²) in [5.41, 5.74) is 3.61. The quantitative estimate of drug-likeness (QED) is 0.555. The second-order valence-corrected chi connectivity index (χ2v) is 8.31. The van der Waals surface area contributed by atoms with Crippen LogP contribution in [0.25, 0.3) is 11.0 Å². The van der Waals surface area contributed by atoms with Crippen molar-refractivity contribution in [1.82, 2.24) is 9.80 Å². The number of likely N-dealkylation sites (N-methyl/N-ethyl adjacent to an activating group) is 1. The SMILES string of the molecule is CCN(CC)CCN1C(=O)c2oc3cc(C)c(C)cc3c(=O)c2C1c1cccc(OC)c1. The summed E-state index contributed by atoms with van der Waals surface area (Å²) in [5, 5.41) is 0.512. The predicted octanol–water partition coefficient (Wildman–Crippen LogP) is 4.31. The second kappa shape index (κ2) is 8.79. The van der Waals surface area contributed by atoms with E-state index < -0.39 is 6.04 Å². The van der Waals surface area contributed by atoms with Gasteiger partial charge in [-0.25, -0.2) is 0 Å². The van der Waals surface area contributed by atoms with Crippen LogP contribution in [0.2, 0.25) is 0 Å². The molecule has 6 nitrogen and oxygen atoms in total. The molecular formula is C26H30N2O4. The lowest BCUT2D eigenvalue weighted by Crippen LogP contribution is -2.37. The first kappa shape index (κ1) is 22.1. The first-order valence-electron chi connectivity index (χ1n) is 11.1. The minimum atomic E-state index is -0.509. The van der Waals surface area contributed by atoms with Gasteiger partial charge in [-0.05, 0) is 67.9 Å². The number of hydrogen-bond acceptors (Lipinski definition) is 5. The third kappa shape index (κ3) is 3.69. The van der Waals surface area contributed by atoms with Gasteiger partial charge in [0, 0.05) is 13.1 Å². The van der Waals surface area contributed by atoms with Gasteiger partial charge < -0.3 is 19.0 Å². The number of ether oxygens (including phenoxy) is 1. The van der Waals surface area contributed by atoms with Gasteiger partial charge in [0.05, 0.1) is 24.1 Å². The number of rotatable bonds is 7. The fourth-order valence-corrected chi connectivity index (χ4v) is 4.45. The fraction of sp³-hybridized carbons (Fsp3) is 0.385. The lowest BCUT2D eigenvalue weighted by atomic mass is 9.97. The molecule has 0 spiro atoms. The van der Waals surface area contributed by atoms with Gasteiger partial charge in [0.1, 0.15) is 11.3 Å². The topological polar surface area (TPSA) is 63.0 Å². The zero-order chi connectivity index (χ0) is 23.0. The number of aryl methyl sites for hydroxylation is 2. The summed E-state index contributed by atoms with van der Waals surface area (Å²) in [6.07, 6.45) is 0. The minimum absolute atomic E-state index is 0.143. The highest BCUT2D eigenvalue weighted by Gasteiger charge is 2.42. The van der Waals surface area contributed by atoms with Crippen LogP contribution in [0, 0.1) is 13.8 Å². The molecule has 32 heavy (non-hydrogen) atoms. The number of benzene rings is 2. The molecule has 1 aliphatic heterocycles. The van der Waals surface area contributed by atoms with Gasteiger partial charge in [0.25, 0.3) is 5.91 Å². The molecule has 0 radical (unpaired) electrons. The summed E-state index contributed by atoms with van der Waals surface area (Å²) in [4.78, 5) is 31.2. The van der Waals surface area contributed by atoms with Crippen molar-refractivity contribution < 1.29 is 13.9 Å². The summed E-state index contributed by atoms with van der Waals surface area (Å²) in [5.74, 6) is 0.596. The van der Waals surface area contributed by atoms with E-state index in [1.165, 1.54) is 0 Å². The molecule has 1 amide bonds. The molecule has 1 unspecified atom stereocenters. The largest absolute Gasteiger partial charge is 0.497 e. The highest BCUT2D eigenvalue weighted by Crippen LogP contribution is 2.39. The van der Waals surface area contributed by atoms with E-state index in [1.807, 2.05) is 50.2 Å². The number of hydrogen-bond donors (Lipinski definition) is 0. The Bertz CT molecular complexity index is 1230. The molecule has 4 rings (SSSR count). The van der Waals surface area contributed by atoms with Crippen molar-refractivity contribution in [2.45, 2.75) is 33.7 Å². The Labute approximate surface area is 188 Å². The Morgan fingerprint density at radius 3 is 2.47 bits per heavy atom. The normalized spacial score (nSPS) is 15.6. The Morgan fingerprint density at radius 2 is 1.78 bits per heavy atom. The molecule has 1 atom stereocenters. The molecule has 0 fully saturated rings. The smallest absolute Gasteiger partial charge is 0.290 e. The van der Waals surface area contributed by atoms with Crippen molar-refractivity contribution >= 4 is 16.9 Å². The van der Waals surface area contributed by atoms with Crippen molar-refractivity contribution in [3.05, 3.63) is 74.6 Å². The summed E-state index contributed by atoms with van der Waals surface area (Å²) in [7, 11) is 1.61. The van der Waals surface area contributed by atoms with Crippen LogP contribution < -0.4 is 10.2 Å². The van der Waals surface area contributed by atoms with Gasteiger partial charge in [-0.3, -0.25) is 9.59 Å². The lowest BCUT2D eigenvalue weighted by molar-refractivity contribution is 0.0708. The van der Waals surface area contributed by atoms with E-state index in [0.717, 1.165) is 36.3 Å². The van der Waals surface area contributed by atoms with E-state index in [4.69, 9.17) is 9.15 Å². The molecule has 2 heterocycles. The van der Waals surface area contributed by atoms with Crippen molar-refractivity contribution in [1.29, 1.82) is 0 Å². The van der Waals surface area contributed by atoms with Gasteiger partial charge in [0.15, 0.2) is 5.43 Å². The van der Waals surface area contributed by atoms with Crippen molar-refractivity contribution in [3.8, 4) is 5.75 Å². The standard InChI is InChI=1S/C26H30N2O4/c1-6-27(7-2)11-12-28-23(18-9-8-10-19(15-18)31-5)22-24(29)20-13-16(3)17(4)14-21(20)32-25(22)26(28)30/h8-10,13-15,23H,6-7,11-12H2,1-5H3. The second-order valence-electron chi connectivity index (χ2n) is 8.31. The van der Waals surface area contributed by atoms with E-state index in [0.29, 0.717) is 28.8 Å². The van der Waals surface area contributed by atoms with Gasteiger partial charge in [0.2, 0.25) is 5.76 Å². The first-order valence-corrected chi connectivity index (χ1v) is 11.1. The molecule has 0 saturated heterocycles. The Balaban J connectivity index is 1.90. The number of nitrogens with zero attached hydrogens (tertiary/aromatic N) is 2. The molecule has 3 aromatic rings. The number of amides is 1. The monoisotopic (exact) mass is 434 g/mol. The van der Waals surface area contributed by atoms with E-state index in [1.54, 1.807) is 12.0 Å². The van der Waals surface area contributed by atoms with Crippen molar-refractivity contribution in [3.63, 3.8) is 0 Å². The van der Waals surface area contributed by atoms with E-state index in [9.17, 15) is 9.59 Å². The molecule has 1 aliphatic rings. The lowest BCUT2D eigenvalue weighted by Gasteiger charge is -2.28. The van der Waals surface area contributed by atoms with Crippen molar-refractivity contribution in [2.24, 2.45) is 0 Å². The number of fused-ring (bicyclic) bond motifs is 2. The highest BCUT2D eigenvalue weighted by molar-refractivity contribution is 5.99. The van der Waals surface area contributed by atoms with Gasteiger partial charge in [-0.2, -0.15) is 0 Å². The Hall–Kier alpha value is -3.12. The summed E-state index contributed by atoms with van der Waals surface area (Å²) in [6.45, 7) is 11.2. The summed E-state index contributed by atoms with van der Waals surface area (Å²) >= 11 is 0. The van der Waals surface area contributed by atoms with Crippen LogP contribution in [0.15, 0.2) is 45.6 Å². The number of methoxy groups -OCH3 is 1. The molecular weight excluding hydrogens is 404 g/mol. The predicted molar refractivity (Wildman–Crippen MR) is 126 cm³/mol. The van der Waals surface area contributed by atoms with Crippen LogP contribution in [0.3, 0.4) is 0 Å². The Kier molecular flexibility index (Phi) is 6.07. The number of carbonyl (C=O) groups is 1. The zero-order valence-corrected chi connectivity index (χ0v) is 19.4. The van der Waals surface area contributed by atoms with E-state index >= 15 is 0 Å². The van der Waals surface area contributed by atoms with Crippen LogP contribution in [0.5, 0.6) is 5.75 Å². The van der Waals surface area contributed by atoms with Crippen LogP contribution in [-0.2, 0) is 0 Å². The van der Waals surface area contributed by atoms with Crippen LogP contribution >= 0.6 is 0 Å². The van der Waals surface area contributed by atoms with Crippen LogP contribution in [0.4, 0.5) is 0 Å². The van der Waals surface area contributed by atoms with Crippen molar-refractivity contribution in [2.75, 3.05) is 33.3 Å². The minimum Gasteiger partial charge on any atom is -0.497 e. The molecule has 0 aliphatic carbocycles. The maximum absolute atomic E-state index is 13.7. The van der Waals surface area contributed by atoms with Crippen LogP contribution in [0.1, 0.15) is 52.7 Å². The zero-order valence-electron chi connectivity index (χ0n) is 19.4. The molecule has 0 N–H and O–H groups in total. The summed E-state index contributed by atoms with van der Waals surface area (Å²) in [6, 6.07) is 10.8. The molecule has 0 saturated carbocycles. The van der Waals surface area contributed by atoms with Gasteiger partial charge in [-0.15, -0.1) is 0 Å². The average Bonchev–Trinajstić information content (AvgIpc) is 3.08. The summed E-state index contributed by atoms with van der Waals surface area (Å²) < 4.78 is 11.5. The maximum atomic E-state index is 13.7.